The van der Waals surface area contributed by atoms with Crippen LogP contribution in [0, 0.1) is 0 Å². The topological polar surface area (TPSA) is 101 Å². The lowest BCUT2D eigenvalue weighted by Gasteiger charge is -2.34. The Bertz CT molecular complexity index is 1450. The molecule has 2 heterocycles. The van der Waals surface area contributed by atoms with Gasteiger partial charge in [-0.05, 0) is 23.3 Å². The summed E-state index contributed by atoms with van der Waals surface area (Å²) in [5, 5.41) is 11.3. The molecule has 0 saturated heterocycles. The molecule has 3 aromatic carbocycles. The summed E-state index contributed by atoms with van der Waals surface area (Å²) >= 11 is 2.79. The number of rotatable bonds is 8. The van der Waals surface area contributed by atoms with Crippen molar-refractivity contribution in [1.29, 1.82) is 0 Å². The summed E-state index contributed by atoms with van der Waals surface area (Å²) in [6, 6.07) is 25.7. The molecular formula is C25H22N4O4S3. The van der Waals surface area contributed by atoms with Gasteiger partial charge in [0.15, 0.2) is 10.4 Å². The number of carbonyl (C=O) groups excluding carboxylic acids is 1. The third kappa shape index (κ3) is 5.69. The Morgan fingerprint density at radius 1 is 0.972 bits per heavy atom. The van der Waals surface area contributed by atoms with Crippen molar-refractivity contribution < 1.29 is 17.9 Å². The number of aromatic nitrogens is 2. The van der Waals surface area contributed by atoms with Gasteiger partial charge in [-0.2, -0.15) is 0 Å². The fourth-order valence-electron chi connectivity index (χ4n) is 3.69. The SMILES string of the molecule is O=C(Nc1nnc(SCc2ccccc2)s1)C1CN(S(=O)(=O)Cc2ccccc2)c2ccccc2O1. The van der Waals surface area contributed by atoms with E-state index in [1.807, 2.05) is 36.4 Å². The Labute approximate surface area is 217 Å². The highest BCUT2D eigenvalue weighted by Crippen LogP contribution is 2.36. The number of ether oxygens (including phenoxy) is 1. The number of carbonyl (C=O) groups is 1. The van der Waals surface area contributed by atoms with Crippen molar-refractivity contribution in [1.82, 2.24) is 10.2 Å². The van der Waals surface area contributed by atoms with E-state index < -0.39 is 22.0 Å². The van der Waals surface area contributed by atoms with Crippen LogP contribution in [0.25, 0.3) is 0 Å². The molecule has 1 aliphatic heterocycles. The highest BCUT2D eigenvalue weighted by molar-refractivity contribution is 8.00. The van der Waals surface area contributed by atoms with Crippen molar-refractivity contribution in [3.63, 3.8) is 0 Å². The van der Waals surface area contributed by atoms with E-state index in [0.29, 0.717) is 22.1 Å². The number of amides is 1. The second-order valence-corrected chi connectivity index (χ2v) is 12.1. The first-order chi connectivity index (χ1) is 17.5. The average molecular weight is 539 g/mol. The van der Waals surface area contributed by atoms with Gasteiger partial charge in [0.1, 0.15) is 5.75 Å². The van der Waals surface area contributed by atoms with Crippen LogP contribution in [0.5, 0.6) is 5.75 Å². The molecule has 0 saturated carbocycles. The molecule has 8 nitrogen and oxygen atoms in total. The highest BCUT2D eigenvalue weighted by Gasteiger charge is 2.37. The Kier molecular flexibility index (Phi) is 7.21. The van der Waals surface area contributed by atoms with Gasteiger partial charge in [-0.1, -0.05) is 95.9 Å². The van der Waals surface area contributed by atoms with Crippen LogP contribution in [-0.4, -0.2) is 37.2 Å². The Hall–Kier alpha value is -3.41. The smallest absolute Gasteiger partial charge is 0.269 e. The summed E-state index contributed by atoms with van der Waals surface area (Å²) in [4.78, 5) is 13.1. The molecule has 0 bridgehead atoms. The van der Waals surface area contributed by atoms with Gasteiger partial charge in [0.05, 0.1) is 18.0 Å². The summed E-state index contributed by atoms with van der Waals surface area (Å²) in [5.74, 6) is 0.395. The minimum Gasteiger partial charge on any atom is -0.476 e. The fraction of sp³-hybridized carbons (Fsp3) is 0.160. The summed E-state index contributed by atoms with van der Waals surface area (Å²) in [6.07, 6.45) is -1.05. The number of hydrogen-bond donors (Lipinski definition) is 1. The number of sulfonamides is 1. The first-order valence-corrected chi connectivity index (χ1v) is 14.5. The normalized spacial score (nSPS) is 15.1. The molecule has 1 N–H and O–H groups in total. The third-order valence-electron chi connectivity index (χ3n) is 5.40. The van der Waals surface area contributed by atoms with Gasteiger partial charge in [-0.15, -0.1) is 10.2 Å². The van der Waals surface area contributed by atoms with E-state index >= 15 is 0 Å². The number of benzene rings is 3. The molecule has 1 aliphatic rings. The predicted molar refractivity (Wildman–Crippen MR) is 142 cm³/mol. The zero-order chi connectivity index (χ0) is 25.0. The molecule has 1 amide bonds. The Morgan fingerprint density at radius 3 is 2.39 bits per heavy atom. The van der Waals surface area contributed by atoms with Crippen LogP contribution in [0.4, 0.5) is 10.8 Å². The number of nitrogens with zero attached hydrogens (tertiary/aromatic N) is 3. The van der Waals surface area contributed by atoms with Crippen molar-refractivity contribution >= 4 is 49.8 Å². The van der Waals surface area contributed by atoms with E-state index in [0.717, 1.165) is 15.7 Å². The summed E-state index contributed by atoms with van der Waals surface area (Å²) in [6.45, 7) is -0.146. The predicted octanol–water partition coefficient (Wildman–Crippen LogP) is 4.57. The lowest BCUT2D eigenvalue weighted by atomic mass is 10.2. The summed E-state index contributed by atoms with van der Waals surface area (Å²) in [5.41, 5.74) is 2.24. The van der Waals surface area contributed by atoms with Gasteiger partial charge in [0.2, 0.25) is 15.2 Å². The monoisotopic (exact) mass is 538 g/mol. The average Bonchev–Trinajstić information content (AvgIpc) is 3.35. The van der Waals surface area contributed by atoms with E-state index in [-0.39, 0.29) is 12.3 Å². The zero-order valence-corrected chi connectivity index (χ0v) is 21.4. The number of anilines is 2. The van der Waals surface area contributed by atoms with E-state index in [4.69, 9.17) is 4.74 Å². The molecule has 5 rings (SSSR count). The Balaban J connectivity index is 1.29. The van der Waals surface area contributed by atoms with Gasteiger partial charge in [0, 0.05) is 5.75 Å². The first kappa shape index (κ1) is 24.3. The van der Waals surface area contributed by atoms with Gasteiger partial charge in [-0.3, -0.25) is 14.4 Å². The van der Waals surface area contributed by atoms with Crippen molar-refractivity contribution in [2.24, 2.45) is 0 Å². The van der Waals surface area contributed by atoms with Gasteiger partial charge in [0.25, 0.3) is 5.91 Å². The quantitative estimate of drug-likeness (QED) is 0.259. The molecule has 11 heteroatoms. The summed E-state index contributed by atoms with van der Waals surface area (Å²) in [7, 11) is -3.77. The van der Waals surface area contributed by atoms with Crippen LogP contribution >= 0.6 is 23.1 Å². The molecule has 0 fully saturated rings. The maximum absolute atomic E-state index is 13.4. The van der Waals surface area contributed by atoms with E-state index in [1.54, 1.807) is 48.5 Å². The van der Waals surface area contributed by atoms with Crippen LogP contribution in [0.1, 0.15) is 11.1 Å². The molecule has 1 aromatic heterocycles. The summed E-state index contributed by atoms with van der Waals surface area (Å²) < 4.78 is 34.6. The number of hydrogen-bond acceptors (Lipinski definition) is 8. The fourth-order valence-corrected chi connectivity index (χ4v) is 6.98. The maximum Gasteiger partial charge on any atom is 0.269 e. The first-order valence-electron chi connectivity index (χ1n) is 11.1. The van der Waals surface area contributed by atoms with Gasteiger partial charge >= 0.3 is 0 Å². The van der Waals surface area contributed by atoms with Crippen molar-refractivity contribution in [2.75, 3.05) is 16.2 Å². The number of thioether (sulfide) groups is 1. The van der Waals surface area contributed by atoms with E-state index in [2.05, 4.69) is 15.5 Å². The molecule has 0 radical (unpaired) electrons. The lowest BCUT2D eigenvalue weighted by Crippen LogP contribution is -2.49. The minimum absolute atomic E-state index is 0.146. The van der Waals surface area contributed by atoms with Crippen molar-refractivity contribution in [3.8, 4) is 5.75 Å². The highest BCUT2D eigenvalue weighted by atomic mass is 32.2. The second kappa shape index (κ2) is 10.7. The lowest BCUT2D eigenvalue weighted by molar-refractivity contribution is -0.122. The second-order valence-electron chi connectivity index (χ2n) is 7.98. The van der Waals surface area contributed by atoms with Gasteiger partial charge in [-0.25, -0.2) is 8.42 Å². The van der Waals surface area contributed by atoms with E-state index in [1.165, 1.54) is 27.4 Å². The van der Waals surface area contributed by atoms with Crippen LogP contribution < -0.4 is 14.4 Å². The molecule has 36 heavy (non-hydrogen) atoms. The number of fused-ring (bicyclic) bond motifs is 1. The molecule has 184 valence electrons. The zero-order valence-electron chi connectivity index (χ0n) is 19.0. The van der Waals surface area contributed by atoms with Gasteiger partial charge < -0.3 is 4.74 Å². The molecule has 0 spiro atoms. The standard InChI is InChI=1S/C25H22N4O4S3/c30-23(26-24-27-28-25(35-24)34-16-18-9-3-1-4-10-18)22-15-29(20-13-7-8-14-21(20)33-22)36(31,32)17-19-11-5-2-6-12-19/h1-14,22H,15-17H2,(H,26,27,30). The molecule has 4 aromatic rings. The van der Waals surface area contributed by atoms with Crippen LogP contribution in [0.2, 0.25) is 0 Å². The molecular weight excluding hydrogens is 517 g/mol. The largest absolute Gasteiger partial charge is 0.476 e. The molecule has 1 atom stereocenters. The maximum atomic E-state index is 13.4. The van der Waals surface area contributed by atoms with E-state index in [9.17, 15) is 13.2 Å². The minimum atomic E-state index is -3.77. The van der Waals surface area contributed by atoms with Crippen molar-refractivity contribution in [3.05, 3.63) is 96.1 Å². The molecule has 1 unspecified atom stereocenters. The van der Waals surface area contributed by atoms with Crippen molar-refractivity contribution in [2.45, 2.75) is 21.9 Å². The number of para-hydroxylation sites is 2. The van der Waals surface area contributed by atoms with Crippen LogP contribution in [0.15, 0.2) is 89.3 Å². The Morgan fingerprint density at radius 2 is 1.64 bits per heavy atom. The third-order valence-corrected chi connectivity index (χ3v) is 9.16. The van der Waals surface area contributed by atoms with Crippen LogP contribution in [0.3, 0.4) is 0 Å². The number of nitrogens with one attached hydrogen (secondary N) is 1. The van der Waals surface area contributed by atoms with Crippen LogP contribution in [-0.2, 0) is 26.3 Å². The molecule has 0 aliphatic carbocycles.